The Morgan fingerprint density at radius 2 is 1.85 bits per heavy atom. The quantitative estimate of drug-likeness (QED) is 0.614. The lowest BCUT2D eigenvalue weighted by molar-refractivity contribution is 0.169. The zero-order valence-corrected chi connectivity index (χ0v) is 15.7. The molecule has 4 heteroatoms. The molecule has 2 unspecified atom stereocenters. The molecule has 2 atom stereocenters. The number of nitrogens with zero attached hydrogens (tertiary/aromatic N) is 2. The Kier molecular flexibility index (Phi) is 4.90. The van der Waals surface area contributed by atoms with Crippen molar-refractivity contribution in [1.29, 1.82) is 0 Å². The highest BCUT2D eigenvalue weighted by molar-refractivity contribution is 5.84. The molecule has 27 heavy (non-hydrogen) atoms. The Hall–Kier alpha value is -2.72. The van der Waals surface area contributed by atoms with Crippen LogP contribution < -0.4 is 0 Å². The van der Waals surface area contributed by atoms with Gasteiger partial charge in [0.15, 0.2) is 0 Å². The lowest BCUT2D eigenvalue weighted by atomic mass is 9.90. The van der Waals surface area contributed by atoms with Crippen molar-refractivity contribution in [3.63, 3.8) is 0 Å². The molecule has 3 aromatic rings. The molecule has 0 saturated heterocycles. The molecule has 0 spiro atoms. The van der Waals surface area contributed by atoms with E-state index in [4.69, 9.17) is 0 Å². The van der Waals surface area contributed by atoms with Gasteiger partial charge in [-0.2, -0.15) is 0 Å². The molecule has 0 saturated carbocycles. The number of hydrogen-bond donors (Lipinski definition) is 1. The third-order valence-corrected chi connectivity index (χ3v) is 5.43. The third kappa shape index (κ3) is 3.33. The Morgan fingerprint density at radius 3 is 2.56 bits per heavy atom. The number of pyridine rings is 1. The van der Waals surface area contributed by atoms with Crippen LogP contribution in [0.2, 0.25) is 0 Å². The van der Waals surface area contributed by atoms with E-state index in [1.54, 1.807) is 0 Å². The summed E-state index contributed by atoms with van der Waals surface area (Å²) in [6.07, 6.45) is 11.3. The number of likely N-dealkylation sites (N-methyl/N-ethyl adjacent to an activating group) is 1. The lowest BCUT2D eigenvalue weighted by Crippen LogP contribution is -2.37. The van der Waals surface area contributed by atoms with Crippen molar-refractivity contribution in [3.05, 3.63) is 78.5 Å². The van der Waals surface area contributed by atoms with Crippen LogP contribution in [-0.4, -0.2) is 27.5 Å². The maximum absolute atomic E-state index is 13.4. The van der Waals surface area contributed by atoms with Gasteiger partial charge < -0.3 is 4.98 Å². The van der Waals surface area contributed by atoms with E-state index in [2.05, 4.69) is 47.1 Å². The summed E-state index contributed by atoms with van der Waals surface area (Å²) in [5.41, 5.74) is 5.58. The fourth-order valence-corrected chi connectivity index (χ4v) is 4.12. The number of halogens is 1. The van der Waals surface area contributed by atoms with Crippen molar-refractivity contribution in [2.75, 3.05) is 6.54 Å². The van der Waals surface area contributed by atoms with Crippen LogP contribution in [0.5, 0.6) is 0 Å². The molecule has 0 fully saturated rings. The van der Waals surface area contributed by atoms with Crippen LogP contribution in [0.4, 0.5) is 4.39 Å². The lowest BCUT2D eigenvalue weighted by Gasteiger charge is -2.37. The predicted molar refractivity (Wildman–Crippen MR) is 108 cm³/mol. The number of H-pyrrole nitrogens is 1. The van der Waals surface area contributed by atoms with Gasteiger partial charge in [0.05, 0.1) is 5.69 Å². The maximum Gasteiger partial charge on any atom is 0.123 e. The SMILES string of the molecule is CCN1C(C)C=CCC1c1c[nH]c(-c2ccc(F)cc2)c1-c1ccncc1. The van der Waals surface area contributed by atoms with Crippen LogP contribution in [0, 0.1) is 5.82 Å². The molecule has 0 aliphatic carbocycles. The molecule has 2 aromatic heterocycles. The molecule has 3 nitrogen and oxygen atoms in total. The van der Waals surface area contributed by atoms with Crippen LogP contribution in [-0.2, 0) is 0 Å². The van der Waals surface area contributed by atoms with Crippen molar-refractivity contribution in [1.82, 2.24) is 14.9 Å². The summed E-state index contributed by atoms with van der Waals surface area (Å²) in [5.74, 6) is -0.223. The van der Waals surface area contributed by atoms with Crippen LogP contribution in [0.1, 0.15) is 31.9 Å². The molecule has 0 amide bonds. The summed E-state index contributed by atoms with van der Waals surface area (Å²) in [5, 5.41) is 0. The second kappa shape index (κ2) is 7.49. The molecule has 1 aliphatic rings. The highest BCUT2D eigenvalue weighted by Crippen LogP contribution is 2.41. The van der Waals surface area contributed by atoms with Gasteiger partial charge in [-0.1, -0.05) is 19.1 Å². The van der Waals surface area contributed by atoms with Gasteiger partial charge in [-0.25, -0.2) is 4.39 Å². The number of rotatable bonds is 4. The first kappa shape index (κ1) is 17.7. The Bertz CT molecular complexity index is 928. The van der Waals surface area contributed by atoms with Crippen LogP contribution >= 0.6 is 0 Å². The fraction of sp³-hybridized carbons (Fsp3) is 0.261. The molecule has 1 aromatic carbocycles. The fourth-order valence-electron chi connectivity index (χ4n) is 4.12. The number of benzene rings is 1. The monoisotopic (exact) mass is 361 g/mol. The summed E-state index contributed by atoms with van der Waals surface area (Å²) in [7, 11) is 0. The Balaban J connectivity index is 1.88. The van der Waals surface area contributed by atoms with E-state index in [-0.39, 0.29) is 5.82 Å². The van der Waals surface area contributed by atoms with Crippen molar-refractivity contribution in [2.24, 2.45) is 0 Å². The molecule has 1 aliphatic heterocycles. The average Bonchev–Trinajstić information content (AvgIpc) is 3.14. The number of aromatic amines is 1. The van der Waals surface area contributed by atoms with E-state index in [9.17, 15) is 4.39 Å². The van der Waals surface area contributed by atoms with E-state index in [1.807, 2.05) is 36.7 Å². The van der Waals surface area contributed by atoms with Gasteiger partial charge in [0.2, 0.25) is 0 Å². The molecule has 3 heterocycles. The van der Waals surface area contributed by atoms with E-state index >= 15 is 0 Å². The maximum atomic E-state index is 13.4. The average molecular weight is 361 g/mol. The van der Waals surface area contributed by atoms with Crippen LogP contribution in [0.3, 0.4) is 0 Å². The largest absolute Gasteiger partial charge is 0.360 e. The minimum atomic E-state index is -0.223. The highest BCUT2D eigenvalue weighted by Gasteiger charge is 2.29. The smallest absolute Gasteiger partial charge is 0.123 e. The second-order valence-electron chi connectivity index (χ2n) is 6.99. The summed E-state index contributed by atoms with van der Waals surface area (Å²) in [4.78, 5) is 10.2. The van der Waals surface area contributed by atoms with Crippen LogP contribution in [0.15, 0.2) is 67.1 Å². The van der Waals surface area contributed by atoms with Crippen molar-refractivity contribution in [3.8, 4) is 22.4 Å². The van der Waals surface area contributed by atoms with Gasteiger partial charge in [0.1, 0.15) is 5.82 Å². The number of hydrogen-bond acceptors (Lipinski definition) is 2. The molecular formula is C23H24FN3. The minimum Gasteiger partial charge on any atom is -0.360 e. The summed E-state index contributed by atoms with van der Waals surface area (Å²) in [6, 6.07) is 11.5. The van der Waals surface area contributed by atoms with E-state index in [0.717, 1.165) is 29.8 Å². The second-order valence-corrected chi connectivity index (χ2v) is 6.99. The minimum absolute atomic E-state index is 0.223. The van der Waals surface area contributed by atoms with E-state index < -0.39 is 0 Å². The standard InChI is InChI=1S/C23H24FN3/c1-3-27-16(2)5-4-6-21(27)20-15-26-23(18-7-9-19(24)10-8-18)22(20)17-11-13-25-14-12-17/h4-5,7-16,21,26H,3,6H2,1-2H3. The predicted octanol–water partition coefficient (Wildman–Crippen LogP) is 5.59. The summed E-state index contributed by atoms with van der Waals surface area (Å²) >= 11 is 0. The first-order valence-corrected chi connectivity index (χ1v) is 9.49. The van der Waals surface area contributed by atoms with Gasteiger partial charge in [-0.05, 0) is 73.0 Å². The Morgan fingerprint density at radius 1 is 1.11 bits per heavy atom. The van der Waals surface area contributed by atoms with Gasteiger partial charge in [-0.3, -0.25) is 9.88 Å². The third-order valence-electron chi connectivity index (χ3n) is 5.43. The summed E-state index contributed by atoms with van der Waals surface area (Å²) < 4.78 is 13.4. The summed E-state index contributed by atoms with van der Waals surface area (Å²) in [6.45, 7) is 5.44. The van der Waals surface area contributed by atoms with Crippen molar-refractivity contribution < 1.29 is 4.39 Å². The highest BCUT2D eigenvalue weighted by atomic mass is 19.1. The Labute approximate surface area is 159 Å². The van der Waals surface area contributed by atoms with Gasteiger partial charge in [0, 0.05) is 36.2 Å². The van der Waals surface area contributed by atoms with Gasteiger partial charge >= 0.3 is 0 Å². The molecule has 138 valence electrons. The number of aromatic nitrogens is 2. The van der Waals surface area contributed by atoms with Crippen molar-refractivity contribution in [2.45, 2.75) is 32.4 Å². The molecule has 4 rings (SSSR count). The molecule has 0 radical (unpaired) electrons. The zero-order valence-electron chi connectivity index (χ0n) is 15.7. The van der Waals surface area contributed by atoms with Gasteiger partial charge in [-0.15, -0.1) is 0 Å². The zero-order chi connectivity index (χ0) is 18.8. The first-order chi connectivity index (χ1) is 13.2. The number of nitrogens with one attached hydrogen (secondary N) is 1. The first-order valence-electron chi connectivity index (χ1n) is 9.49. The molecule has 1 N–H and O–H groups in total. The van der Waals surface area contributed by atoms with Crippen LogP contribution in [0.25, 0.3) is 22.4 Å². The van der Waals surface area contributed by atoms with E-state index in [0.29, 0.717) is 12.1 Å². The van der Waals surface area contributed by atoms with E-state index in [1.165, 1.54) is 23.3 Å². The molecular weight excluding hydrogens is 337 g/mol. The van der Waals surface area contributed by atoms with Gasteiger partial charge in [0.25, 0.3) is 0 Å². The topological polar surface area (TPSA) is 31.9 Å². The molecule has 0 bridgehead atoms. The normalized spacial score (nSPS) is 20.1. The van der Waals surface area contributed by atoms with Crippen molar-refractivity contribution >= 4 is 0 Å².